The first-order chi connectivity index (χ1) is 12.8. The highest BCUT2D eigenvalue weighted by molar-refractivity contribution is 5.89. The zero-order chi connectivity index (χ0) is 17.8. The van der Waals surface area contributed by atoms with Crippen LogP contribution in [0.2, 0.25) is 0 Å². The second kappa shape index (κ2) is 7.92. The van der Waals surface area contributed by atoms with Gasteiger partial charge >= 0.3 is 6.09 Å². The summed E-state index contributed by atoms with van der Waals surface area (Å²) < 4.78 is 5.57. The predicted octanol–water partition coefficient (Wildman–Crippen LogP) is 4.28. The SMILES string of the molecule is O=C1OC(CCN2CCC(c3ccccc3)CC2)CN1c1ccccc1. The number of amides is 1. The molecular weight excluding hydrogens is 324 g/mol. The molecule has 2 heterocycles. The first-order valence-electron chi connectivity index (χ1n) is 9.60. The predicted molar refractivity (Wildman–Crippen MR) is 104 cm³/mol. The van der Waals surface area contributed by atoms with Gasteiger partial charge in [0.2, 0.25) is 0 Å². The molecule has 4 heteroatoms. The molecule has 2 aromatic rings. The van der Waals surface area contributed by atoms with Gasteiger partial charge in [0.25, 0.3) is 0 Å². The van der Waals surface area contributed by atoms with E-state index in [1.54, 1.807) is 4.90 Å². The van der Waals surface area contributed by atoms with Crippen molar-refractivity contribution in [2.24, 2.45) is 0 Å². The van der Waals surface area contributed by atoms with E-state index in [0.29, 0.717) is 12.5 Å². The quantitative estimate of drug-likeness (QED) is 0.807. The van der Waals surface area contributed by atoms with Gasteiger partial charge in [-0.05, 0) is 56.0 Å². The van der Waals surface area contributed by atoms with E-state index in [-0.39, 0.29) is 12.2 Å². The summed E-state index contributed by atoms with van der Waals surface area (Å²) in [7, 11) is 0. The van der Waals surface area contributed by atoms with Crippen molar-refractivity contribution in [3.05, 3.63) is 66.2 Å². The van der Waals surface area contributed by atoms with Gasteiger partial charge in [-0.2, -0.15) is 0 Å². The van der Waals surface area contributed by atoms with E-state index in [1.807, 2.05) is 30.3 Å². The van der Waals surface area contributed by atoms with Crippen LogP contribution in [0.3, 0.4) is 0 Å². The number of carbonyl (C=O) groups excluding carboxylic acids is 1. The molecule has 0 radical (unpaired) electrons. The van der Waals surface area contributed by atoms with Gasteiger partial charge in [-0.3, -0.25) is 4.90 Å². The van der Waals surface area contributed by atoms with E-state index in [0.717, 1.165) is 31.7 Å². The topological polar surface area (TPSA) is 32.8 Å². The Morgan fingerprint density at radius 3 is 2.27 bits per heavy atom. The zero-order valence-corrected chi connectivity index (χ0v) is 15.1. The highest BCUT2D eigenvalue weighted by Gasteiger charge is 2.32. The van der Waals surface area contributed by atoms with Crippen molar-refractivity contribution in [2.75, 3.05) is 31.1 Å². The molecule has 2 aromatic carbocycles. The van der Waals surface area contributed by atoms with E-state index in [4.69, 9.17) is 4.74 Å². The molecule has 1 unspecified atom stereocenters. The van der Waals surface area contributed by atoms with Crippen LogP contribution < -0.4 is 4.90 Å². The molecule has 136 valence electrons. The fourth-order valence-corrected chi connectivity index (χ4v) is 4.03. The Balaban J connectivity index is 1.24. The van der Waals surface area contributed by atoms with Crippen LogP contribution in [0.15, 0.2) is 60.7 Å². The van der Waals surface area contributed by atoms with E-state index >= 15 is 0 Å². The minimum Gasteiger partial charge on any atom is -0.444 e. The summed E-state index contributed by atoms with van der Waals surface area (Å²) >= 11 is 0. The molecular formula is C22H26N2O2. The summed E-state index contributed by atoms with van der Waals surface area (Å²) in [5, 5.41) is 0. The fraction of sp³-hybridized carbons (Fsp3) is 0.409. The minimum atomic E-state index is -0.219. The van der Waals surface area contributed by atoms with Crippen LogP contribution in [0, 0.1) is 0 Å². The van der Waals surface area contributed by atoms with Gasteiger partial charge in [0.1, 0.15) is 6.10 Å². The molecule has 0 aliphatic carbocycles. The van der Waals surface area contributed by atoms with Crippen molar-refractivity contribution in [2.45, 2.75) is 31.3 Å². The Morgan fingerprint density at radius 2 is 1.58 bits per heavy atom. The van der Waals surface area contributed by atoms with Crippen molar-refractivity contribution in [3.63, 3.8) is 0 Å². The molecule has 1 atom stereocenters. The Bertz CT molecular complexity index is 711. The number of anilines is 1. The molecule has 4 rings (SSSR count). The molecule has 0 saturated carbocycles. The van der Waals surface area contributed by atoms with Crippen LogP contribution in [0.5, 0.6) is 0 Å². The first kappa shape index (κ1) is 17.1. The number of ether oxygens (including phenoxy) is 1. The maximum absolute atomic E-state index is 12.1. The maximum atomic E-state index is 12.1. The molecule has 0 spiro atoms. The van der Waals surface area contributed by atoms with Gasteiger partial charge < -0.3 is 9.64 Å². The molecule has 1 amide bonds. The Morgan fingerprint density at radius 1 is 0.923 bits per heavy atom. The van der Waals surface area contributed by atoms with E-state index in [2.05, 4.69) is 35.2 Å². The summed E-state index contributed by atoms with van der Waals surface area (Å²) in [5.74, 6) is 0.685. The summed E-state index contributed by atoms with van der Waals surface area (Å²) in [4.78, 5) is 16.4. The van der Waals surface area contributed by atoms with Crippen LogP contribution in [-0.4, -0.2) is 43.3 Å². The van der Waals surface area contributed by atoms with Gasteiger partial charge in [-0.15, -0.1) is 0 Å². The number of carbonyl (C=O) groups is 1. The van der Waals surface area contributed by atoms with Crippen LogP contribution in [-0.2, 0) is 4.74 Å². The standard InChI is InChI=1S/C22H26N2O2/c25-22-24(20-9-5-2-6-10-20)17-21(26-22)13-16-23-14-11-19(12-15-23)18-7-3-1-4-8-18/h1-10,19,21H,11-17H2. The second-order valence-electron chi connectivity index (χ2n) is 7.27. The maximum Gasteiger partial charge on any atom is 0.414 e. The summed E-state index contributed by atoms with van der Waals surface area (Å²) in [6, 6.07) is 20.6. The van der Waals surface area contributed by atoms with Crippen molar-refractivity contribution in [1.29, 1.82) is 0 Å². The summed E-state index contributed by atoms with van der Waals surface area (Å²) in [6.07, 6.45) is 3.11. The van der Waals surface area contributed by atoms with Gasteiger partial charge in [0, 0.05) is 12.2 Å². The van der Waals surface area contributed by atoms with Crippen LogP contribution >= 0.6 is 0 Å². The normalized spacial score (nSPS) is 21.8. The molecule has 0 aromatic heterocycles. The fourth-order valence-electron chi connectivity index (χ4n) is 4.03. The number of para-hydroxylation sites is 1. The highest BCUT2D eigenvalue weighted by atomic mass is 16.6. The molecule has 2 aliphatic heterocycles. The number of cyclic esters (lactones) is 1. The highest BCUT2D eigenvalue weighted by Crippen LogP contribution is 2.28. The number of hydrogen-bond acceptors (Lipinski definition) is 3. The van der Waals surface area contributed by atoms with Crippen molar-refractivity contribution < 1.29 is 9.53 Å². The Labute approximate surface area is 155 Å². The van der Waals surface area contributed by atoms with Gasteiger partial charge in [-0.25, -0.2) is 4.79 Å². The largest absolute Gasteiger partial charge is 0.444 e. The smallest absolute Gasteiger partial charge is 0.414 e. The number of rotatable bonds is 5. The van der Waals surface area contributed by atoms with Gasteiger partial charge in [0.05, 0.1) is 6.54 Å². The summed E-state index contributed by atoms with van der Waals surface area (Å²) in [5.41, 5.74) is 2.39. The third-order valence-corrected chi connectivity index (χ3v) is 5.57. The van der Waals surface area contributed by atoms with E-state index in [1.165, 1.54) is 18.4 Å². The monoisotopic (exact) mass is 350 g/mol. The molecule has 0 N–H and O–H groups in total. The zero-order valence-electron chi connectivity index (χ0n) is 15.1. The lowest BCUT2D eigenvalue weighted by atomic mass is 9.89. The number of likely N-dealkylation sites (tertiary alicyclic amines) is 1. The van der Waals surface area contributed by atoms with Crippen molar-refractivity contribution in [3.8, 4) is 0 Å². The molecule has 2 fully saturated rings. The lowest BCUT2D eigenvalue weighted by molar-refractivity contribution is 0.120. The summed E-state index contributed by atoms with van der Waals surface area (Å²) in [6.45, 7) is 3.91. The molecule has 4 nitrogen and oxygen atoms in total. The number of benzene rings is 2. The Hall–Kier alpha value is -2.33. The van der Waals surface area contributed by atoms with Gasteiger partial charge in [0.15, 0.2) is 0 Å². The average molecular weight is 350 g/mol. The molecule has 26 heavy (non-hydrogen) atoms. The molecule has 2 aliphatic rings. The van der Waals surface area contributed by atoms with Gasteiger partial charge in [-0.1, -0.05) is 48.5 Å². The number of nitrogens with zero attached hydrogens (tertiary/aromatic N) is 2. The molecule has 0 bridgehead atoms. The van der Waals surface area contributed by atoms with Crippen LogP contribution in [0.1, 0.15) is 30.7 Å². The van der Waals surface area contributed by atoms with Crippen molar-refractivity contribution in [1.82, 2.24) is 4.90 Å². The average Bonchev–Trinajstić information content (AvgIpc) is 3.09. The Kier molecular flexibility index (Phi) is 5.21. The third kappa shape index (κ3) is 3.91. The second-order valence-corrected chi connectivity index (χ2v) is 7.27. The molecule has 2 saturated heterocycles. The minimum absolute atomic E-state index is 0.00504. The number of piperidine rings is 1. The third-order valence-electron chi connectivity index (χ3n) is 5.57. The van der Waals surface area contributed by atoms with Crippen molar-refractivity contribution >= 4 is 11.8 Å². The lowest BCUT2D eigenvalue weighted by Crippen LogP contribution is -2.35. The van der Waals surface area contributed by atoms with Crippen LogP contribution in [0.4, 0.5) is 10.5 Å². The number of hydrogen-bond donors (Lipinski definition) is 0. The lowest BCUT2D eigenvalue weighted by Gasteiger charge is -2.32. The first-order valence-corrected chi connectivity index (χ1v) is 9.60. The van der Waals surface area contributed by atoms with E-state index in [9.17, 15) is 4.79 Å². The van der Waals surface area contributed by atoms with E-state index < -0.39 is 0 Å². The van der Waals surface area contributed by atoms with Crippen LogP contribution in [0.25, 0.3) is 0 Å².